The minimum absolute atomic E-state index is 0.139. The van der Waals surface area contributed by atoms with Gasteiger partial charge >= 0.3 is 6.03 Å². The number of nitrogens with zero attached hydrogens (tertiary/aromatic N) is 1. The monoisotopic (exact) mass is 438 g/mol. The van der Waals surface area contributed by atoms with Gasteiger partial charge in [0.25, 0.3) is 5.91 Å². The molecule has 3 rings (SSSR count). The summed E-state index contributed by atoms with van der Waals surface area (Å²) in [5, 5.41) is 8.74. The summed E-state index contributed by atoms with van der Waals surface area (Å²) in [7, 11) is 1.65. The molecule has 0 atom stereocenters. The van der Waals surface area contributed by atoms with E-state index in [0.29, 0.717) is 24.4 Å². The summed E-state index contributed by atoms with van der Waals surface area (Å²) in [4.78, 5) is 27.8. The van der Waals surface area contributed by atoms with Gasteiger partial charge in [-0.15, -0.1) is 0 Å². The molecular weight excluding hydrogens is 404 g/mol. The van der Waals surface area contributed by atoms with Crippen molar-refractivity contribution in [2.45, 2.75) is 39.5 Å². The molecule has 2 aromatic carbocycles. The Bertz CT molecular complexity index is 939. The molecular formula is C25H34N4O3. The van der Waals surface area contributed by atoms with Gasteiger partial charge in [0, 0.05) is 50.4 Å². The number of hydrogen-bond acceptors (Lipinski definition) is 4. The molecule has 1 heterocycles. The number of hydrogen-bond donors (Lipinski definition) is 3. The maximum Gasteiger partial charge on any atom is 0.323 e. The molecule has 0 aliphatic carbocycles. The molecule has 1 aliphatic heterocycles. The lowest BCUT2D eigenvalue weighted by Crippen LogP contribution is -2.33. The minimum Gasteiger partial charge on any atom is -0.385 e. The van der Waals surface area contributed by atoms with E-state index in [1.807, 2.05) is 44.2 Å². The molecule has 0 bridgehead atoms. The van der Waals surface area contributed by atoms with Gasteiger partial charge in [-0.3, -0.25) is 4.79 Å². The fraction of sp³-hybridized carbons (Fsp3) is 0.440. The molecule has 0 spiro atoms. The van der Waals surface area contributed by atoms with E-state index in [2.05, 4.69) is 20.9 Å². The standard InChI is InChI=1S/C25H34N4O3/c1-18-9-7-10-22(19(18)2)28-25(31)27-20-11-12-23(29-14-5-4-6-15-29)21(17-20)24(30)26-13-8-16-32-3/h7,9-12,17H,4-6,8,13-16H2,1-3H3,(H,26,30)(H2,27,28,31). The molecule has 172 valence electrons. The van der Waals surface area contributed by atoms with Gasteiger partial charge in [-0.25, -0.2) is 4.79 Å². The largest absolute Gasteiger partial charge is 0.385 e. The summed E-state index contributed by atoms with van der Waals surface area (Å²) >= 11 is 0. The van der Waals surface area contributed by atoms with Gasteiger partial charge in [0.05, 0.1) is 5.56 Å². The number of methoxy groups -OCH3 is 1. The highest BCUT2D eigenvalue weighted by molar-refractivity contribution is 6.04. The highest BCUT2D eigenvalue weighted by Crippen LogP contribution is 2.27. The second-order valence-corrected chi connectivity index (χ2v) is 8.21. The van der Waals surface area contributed by atoms with Crippen molar-refractivity contribution < 1.29 is 14.3 Å². The van der Waals surface area contributed by atoms with Crippen LogP contribution in [-0.4, -0.2) is 45.3 Å². The third-order valence-corrected chi connectivity index (χ3v) is 5.86. The number of aryl methyl sites for hydroxylation is 1. The Labute approximate surface area is 190 Å². The van der Waals surface area contributed by atoms with Crippen LogP contribution in [0.15, 0.2) is 36.4 Å². The van der Waals surface area contributed by atoms with Crippen LogP contribution in [0, 0.1) is 13.8 Å². The Kier molecular flexibility index (Phi) is 8.50. The highest BCUT2D eigenvalue weighted by atomic mass is 16.5. The number of piperidine rings is 1. The van der Waals surface area contributed by atoms with Crippen molar-refractivity contribution in [1.82, 2.24) is 5.32 Å². The maximum atomic E-state index is 13.0. The Hall–Kier alpha value is -3.06. The third-order valence-electron chi connectivity index (χ3n) is 5.86. The van der Waals surface area contributed by atoms with Crippen LogP contribution in [0.25, 0.3) is 0 Å². The van der Waals surface area contributed by atoms with Crippen molar-refractivity contribution in [3.8, 4) is 0 Å². The molecule has 32 heavy (non-hydrogen) atoms. The van der Waals surface area contributed by atoms with Crippen molar-refractivity contribution in [3.05, 3.63) is 53.1 Å². The van der Waals surface area contributed by atoms with Gasteiger partial charge in [-0.05, 0) is 74.9 Å². The first kappa shape index (κ1) is 23.6. The first-order valence-electron chi connectivity index (χ1n) is 11.3. The van der Waals surface area contributed by atoms with Gasteiger partial charge in [0.2, 0.25) is 0 Å². The van der Waals surface area contributed by atoms with Crippen molar-refractivity contribution in [3.63, 3.8) is 0 Å². The Morgan fingerprint density at radius 2 is 1.81 bits per heavy atom. The van der Waals surface area contributed by atoms with Crippen molar-refractivity contribution in [2.75, 3.05) is 48.9 Å². The van der Waals surface area contributed by atoms with Gasteiger partial charge in [-0.2, -0.15) is 0 Å². The molecule has 1 fully saturated rings. The lowest BCUT2D eigenvalue weighted by molar-refractivity contribution is 0.0949. The molecule has 3 N–H and O–H groups in total. The second kappa shape index (κ2) is 11.5. The van der Waals surface area contributed by atoms with Crippen LogP contribution in [0.2, 0.25) is 0 Å². The van der Waals surface area contributed by atoms with E-state index in [9.17, 15) is 9.59 Å². The Morgan fingerprint density at radius 1 is 1.03 bits per heavy atom. The first-order valence-corrected chi connectivity index (χ1v) is 11.3. The van der Waals surface area contributed by atoms with E-state index in [1.54, 1.807) is 13.2 Å². The lowest BCUT2D eigenvalue weighted by atomic mass is 10.1. The van der Waals surface area contributed by atoms with Gasteiger partial charge in [0.15, 0.2) is 0 Å². The predicted octanol–water partition coefficient (Wildman–Crippen LogP) is 4.70. The van der Waals surface area contributed by atoms with Crippen LogP contribution in [0.3, 0.4) is 0 Å². The topological polar surface area (TPSA) is 82.7 Å². The zero-order chi connectivity index (χ0) is 22.9. The fourth-order valence-electron chi connectivity index (χ4n) is 3.89. The van der Waals surface area contributed by atoms with Crippen LogP contribution in [0.4, 0.5) is 21.9 Å². The molecule has 3 amide bonds. The average molecular weight is 439 g/mol. The molecule has 0 radical (unpaired) electrons. The van der Waals surface area contributed by atoms with Crippen molar-refractivity contribution >= 4 is 29.0 Å². The lowest BCUT2D eigenvalue weighted by Gasteiger charge is -2.30. The molecule has 7 nitrogen and oxygen atoms in total. The zero-order valence-electron chi connectivity index (χ0n) is 19.3. The van der Waals surface area contributed by atoms with E-state index in [1.165, 1.54) is 6.42 Å². The molecule has 0 saturated carbocycles. The minimum atomic E-state index is -0.337. The number of carbonyl (C=O) groups excluding carboxylic acids is 2. The highest BCUT2D eigenvalue weighted by Gasteiger charge is 2.19. The number of anilines is 3. The molecule has 0 unspecified atom stereocenters. The van der Waals surface area contributed by atoms with E-state index < -0.39 is 0 Å². The van der Waals surface area contributed by atoms with E-state index in [4.69, 9.17) is 4.74 Å². The fourth-order valence-corrected chi connectivity index (χ4v) is 3.89. The summed E-state index contributed by atoms with van der Waals surface area (Å²) in [6.45, 7) is 6.99. The molecule has 0 aromatic heterocycles. The van der Waals surface area contributed by atoms with Crippen molar-refractivity contribution in [1.29, 1.82) is 0 Å². The van der Waals surface area contributed by atoms with E-state index in [-0.39, 0.29) is 11.9 Å². The van der Waals surface area contributed by atoms with Crippen LogP contribution in [0.1, 0.15) is 47.2 Å². The molecule has 1 saturated heterocycles. The van der Waals surface area contributed by atoms with Gasteiger partial charge < -0.3 is 25.6 Å². The average Bonchev–Trinajstić information content (AvgIpc) is 2.80. The number of amides is 3. The second-order valence-electron chi connectivity index (χ2n) is 8.21. The summed E-state index contributed by atoms with van der Waals surface area (Å²) in [6.07, 6.45) is 4.20. The molecule has 2 aromatic rings. The summed E-state index contributed by atoms with van der Waals surface area (Å²) in [5.74, 6) is -0.139. The number of benzene rings is 2. The number of ether oxygens (including phenoxy) is 1. The van der Waals surface area contributed by atoms with Gasteiger partial charge in [0.1, 0.15) is 0 Å². The third kappa shape index (κ3) is 6.23. The van der Waals surface area contributed by atoms with E-state index >= 15 is 0 Å². The quantitative estimate of drug-likeness (QED) is 0.522. The zero-order valence-corrected chi connectivity index (χ0v) is 19.3. The van der Waals surface area contributed by atoms with E-state index in [0.717, 1.165) is 54.9 Å². The smallest absolute Gasteiger partial charge is 0.323 e. The number of rotatable bonds is 8. The SMILES string of the molecule is COCCCNC(=O)c1cc(NC(=O)Nc2cccc(C)c2C)ccc1N1CCCCC1. The summed E-state index contributed by atoms with van der Waals surface area (Å²) < 4.78 is 5.06. The van der Waals surface area contributed by atoms with Crippen LogP contribution in [0.5, 0.6) is 0 Å². The maximum absolute atomic E-state index is 13.0. The molecule has 7 heteroatoms. The number of urea groups is 1. The first-order chi connectivity index (χ1) is 15.5. The summed E-state index contributed by atoms with van der Waals surface area (Å²) in [5.41, 5.74) is 4.97. The van der Waals surface area contributed by atoms with Gasteiger partial charge in [-0.1, -0.05) is 12.1 Å². The van der Waals surface area contributed by atoms with Crippen LogP contribution >= 0.6 is 0 Å². The van der Waals surface area contributed by atoms with Crippen molar-refractivity contribution in [2.24, 2.45) is 0 Å². The van der Waals surface area contributed by atoms with Crippen LogP contribution < -0.4 is 20.9 Å². The molecule has 1 aliphatic rings. The Balaban J connectivity index is 1.76. The summed E-state index contributed by atoms with van der Waals surface area (Å²) in [6, 6.07) is 11.0. The number of carbonyl (C=O) groups is 2. The normalized spacial score (nSPS) is 13.5. The Morgan fingerprint density at radius 3 is 2.56 bits per heavy atom. The van der Waals surface area contributed by atoms with Crippen LogP contribution in [-0.2, 0) is 4.74 Å². The number of nitrogens with one attached hydrogen (secondary N) is 3. The predicted molar refractivity (Wildman–Crippen MR) is 130 cm³/mol.